The van der Waals surface area contributed by atoms with Crippen LogP contribution in [-0.4, -0.2) is 114 Å². The van der Waals surface area contributed by atoms with Gasteiger partial charge < -0.3 is 29.9 Å². The average Bonchev–Trinajstić information content (AvgIpc) is 3.15. The van der Waals surface area contributed by atoms with E-state index in [-0.39, 0.29) is 25.1 Å². The van der Waals surface area contributed by atoms with Gasteiger partial charge >= 0.3 is 6.03 Å². The Balaban J connectivity index is 1.53. The number of hydrogen-bond acceptors (Lipinski definition) is 8. The van der Waals surface area contributed by atoms with Crippen molar-refractivity contribution in [3.8, 4) is 5.75 Å². The van der Waals surface area contributed by atoms with Crippen LogP contribution in [0.25, 0.3) is 0 Å². The highest BCUT2D eigenvalue weighted by Gasteiger charge is 2.52. The number of guanidine groups is 1. The summed E-state index contributed by atoms with van der Waals surface area (Å²) in [6, 6.07) is 6.60. The maximum Gasteiger partial charge on any atom is 0.328 e. The van der Waals surface area contributed by atoms with Crippen LogP contribution in [-0.2, 0) is 4.79 Å². The minimum absolute atomic E-state index is 0.0897. The number of fused-ring (bicyclic) bond motifs is 1. The van der Waals surface area contributed by atoms with Crippen molar-refractivity contribution in [2.45, 2.75) is 25.2 Å². The molecule has 3 heterocycles. The number of urea groups is 1. The van der Waals surface area contributed by atoms with Crippen molar-refractivity contribution in [2.24, 2.45) is 4.99 Å². The van der Waals surface area contributed by atoms with Gasteiger partial charge in [0.2, 0.25) is 0 Å². The quantitative estimate of drug-likeness (QED) is 0.651. The van der Waals surface area contributed by atoms with E-state index in [9.17, 15) is 14.7 Å². The largest absolute Gasteiger partial charge is 0.491 e. The molecule has 1 aromatic rings. The number of nitrogens with zero attached hydrogens (tertiary/aromatic N) is 5. The molecule has 10 nitrogen and oxygen atoms in total. The third-order valence-corrected chi connectivity index (χ3v) is 6.02. The van der Waals surface area contributed by atoms with Gasteiger partial charge in [0.1, 0.15) is 18.5 Å². The Bertz CT molecular complexity index is 871. The molecule has 0 aliphatic carbocycles. The number of aliphatic imine (C=N–C) groups is 1. The summed E-state index contributed by atoms with van der Waals surface area (Å²) >= 11 is 0. The fourth-order valence-electron chi connectivity index (χ4n) is 4.26. The second kappa shape index (κ2) is 8.72. The van der Waals surface area contributed by atoms with Crippen LogP contribution >= 0.6 is 0 Å². The molecule has 3 aliphatic rings. The van der Waals surface area contributed by atoms with E-state index in [2.05, 4.69) is 10.2 Å². The van der Waals surface area contributed by atoms with Crippen LogP contribution in [0.4, 0.5) is 4.79 Å². The standard InChI is InChI=1S/C21H30N6O4/c1-14-6-4-5-7-16(14)31-13-15(28)12-27-17-18(24(2)21(30)25(3)19(17)29)23-20(27)26-10-8-22-9-11-26/h4-7,15,17-18,22,28H,8-13H2,1-3H3. The van der Waals surface area contributed by atoms with Gasteiger partial charge in [-0.05, 0) is 18.6 Å². The number of nitrogens with one attached hydrogen (secondary N) is 1. The van der Waals surface area contributed by atoms with Gasteiger partial charge in [-0.15, -0.1) is 0 Å². The Morgan fingerprint density at radius 3 is 2.65 bits per heavy atom. The fraction of sp³-hybridized carbons (Fsp3) is 0.571. The first kappa shape index (κ1) is 21.4. The molecule has 3 atom stereocenters. The van der Waals surface area contributed by atoms with Gasteiger partial charge in [-0.25, -0.2) is 9.79 Å². The summed E-state index contributed by atoms with van der Waals surface area (Å²) in [5.74, 6) is 1.05. The number of likely N-dealkylation sites (N-methyl/N-ethyl adjacent to an activating group) is 2. The Morgan fingerprint density at radius 1 is 1.23 bits per heavy atom. The molecule has 0 bridgehead atoms. The molecule has 2 saturated heterocycles. The second-order valence-electron chi connectivity index (χ2n) is 8.20. The number of ether oxygens (including phenoxy) is 1. The molecule has 3 aliphatic heterocycles. The van der Waals surface area contributed by atoms with E-state index in [4.69, 9.17) is 9.73 Å². The summed E-state index contributed by atoms with van der Waals surface area (Å²) in [6.07, 6.45) is -1.45. The van der Waals surface area contributed by atoms with Crippen LogP contribution in [0, 0.1) is 6.92 Å². The Morgan fingerprint density at radius 2 is 1.94 bits per heavy atom. The molecule has 31 heavy (non-hydrogen) atoms. The maximum atomic E-state index is 13.0. The summed E-state index contributed by atoms with van der Waals surface area (Å²) in [4.78, 5) is 36.8. The van der Waals surface area contributed by atoms with E-state index in [1.165, 1.54) is 11.9 Å². The number of hydrogen-bond donors (Lipinski definition) is 2. The molecule has 0 spiro atoms. The van der Waals surface area contributed by atoms with Gasteiger partial charge in [-0.3, -0.25) is 9.69 Å². The summed E-state index contributed by atoms with van der Waals surface area (Å²) in [5.41, 5.74) is 0.989. The lowest BCUT2D eigenvalue weighted by Gasteiger charge is -2.41. The minimum Gasteiger partial charge on any atom is -0.491 e. The van der Waals surface area contributed by atoms with Crippen molar-refractivity contribution in [3.05, 3.63) is 29.8 Å². The number of rotatable bonds is 5. The molecular formula is C21H30N6O4. The summed E-state index contributed by atoms with van der Waals surface area (Å²) < 4.78 is 5.81. The number of aryl methyl sites for hydroxylation is 1. The number of piperazine rings is 1. The number of amides is 3. The minimum atomic E-state index is -0.840. The number of imide groups is 1. The van der Waals surface area contributed by atoms with Crippen molar-refractivity contribution in [2.75, 3.05) is 53.4 Å². The molecule has 0 aromatic heterocycles. The molecule has 1 aromatic carbocycles. The fourth-order valence-corrected chi connectivity index (χ4v) is 4.26. The van der Waals surface area contributed by atoms with E-state index in [1.54, 1.807) is 7.05 Å². The number of benzene rings is 1. The normalized spacial score (nSPS) is 25.0. The van der Waals surface area contributed by atoms with E-state index in [1.807, 2.05) is 36.1 Å². The van der Waals surface area contributed by atoms with E-state index < -0.39 is 18.3 Å². The first-order valence-electron chi connectivity index (χ1n) is 10.6. The van der Waals surface area contributed by atoms with Crippen molar-refractivity contribution in [3.63, 3.8) is 0 Å². The molecule has 168 valence electrons. The molecule has 3 amide bonds. The summed E-state index contributed by atoms with van der Waals surface area (Å²) in [6.45, 7) is 5.32. The molecule has 3 unspecified atom stereocenters. The van der Waals surface area contributed by atoms with Crippen LogP contribution in [0.1, 0.15) is 5.56 Å². The third-order valence-electron chi connectivity index (χ3n) is 6.02. The predicted molar refractivity (Wildman–Crippen MR) is 115 cm³/mol. The molecule has 0 radical (unpaired) electrons. The first-order chi connectivity index (χ1) is 14.9. The molecule has 10 heteroatoms. The lowest BCUT2D eigenvalue weighted by molar-refractivity contribution is -0.136. The van der Waals surface area contributed by atoms with E-state index in [0.717, 1.165) is 42.4 Å². The Hall–Kier alpha value is -2.85. The van der Waals surface area contributed by atoms with Crippen molar-refractivity contribution >= 4 is 17.9 Å². The zero-order valence-electron chi connectivity index (χ0n) is 18.2. The smallest absolute Gasteiger partial charge is 0.328 e. The van der Waals surface area contributed by atoms with Gasteiger partial charge in [0, 0.05) is 40.3 Å². The Labute approximate surface area is 182 Å². The first-order valence-corrected chi connectivity index (χ1v) is 10.6. The van der Waals surface area contributed by atoms with Gasteiger partial charge in [-0.2, -0.15) is 0 Å². The summed E-state index contributed by atoms with van der Waals surface area (Å²) in [5, 5.41) is 14.1. The van der Waals surface area contributed by atoms with Gasteiger partial charge in [0.15, 0.2) is 18.2 Å². The van der Waals surface area contributed by atoms with Gasteiger partial charge in [0.05, 0.1) is 6.54 Å². The Kier molecular flexibility index (Phi) is 6.01. The third kappa shape index (κ3) is 4.05. The molecular weight excluding hydrogens is 400 g/mol. The summed E-state index contributed by atoms with van der Waals surface area (Å²) in [7, 11) is 3.14. The zero-order chi connectivity index (χ0) is 22.1. The van der Waals surface area contributed by atoms with E-state index in [0.29, 0.717) is 5.96 Å². The molecule has 4 rings (SSSR count). The van der Waals surface area contributed by atoms with Crippen LogP contribution in [0.3, 0.4) is 0 Å². The monoisotopic (exact) mass is 430 g/mol. The average molecular weight is 431 g/mol. The number of para-hydroxylation sites is 1. The van der Waals surface area contributed by atoms with Crippen molar-refractivity contribution in [1.82, 2.24) is 24.9 Å². The topological polar surface area (TPSA) is 101 Å². The number of carbonyl (C=O) groups excluding carboxylic acids is 2. The van der Waals surface area contributed by atoms with Gasteiger partial charge in [0.25, 0.3) is 5.91 Å². The number of carbonyl (C=O) groups is 2. The highest BCUT2D eigenvalue weighted by Crippen LogP contribution is 2.28. The highest BCUT2D eigenvalue weighted by atomic mass is 16.5. The number of aliphatic hydroxyl groups excluding tert-OH is 1. The molecule has 0 saturated carbocycles. The lowest BCUT2D eigenvalue weighted by Crippen LogP contribution is -2.65. The molecule has 2 N–H and O–H groups in total. The highest BCUT2D eigenvalue weighted by molar-refractivity contribution is 6.03. The van der Waals surface area contributed by atoms with Crippen LogP contribution in [0.15, 0.2) is 29.3 Å². The van der Waals surface area contributed by atoms with E-state index >= 15 is 0 Å². The van der Waals surface area contributed by atoms with Crippen LogP contribution in [0.2, 0.25) is 0 Å². The lowest BCUT2D eigenvalue weighted by atomic mass is 10.1. The van der Waals surface area contributed by atoms with Crippen molar-refractivity contribution in [1.29, 1.82) is 0 Å². The molecule has 2 fully saturated rings. The predicted octanol–water partition coefficient (Wildman–Crippen LogP) is -0.470. The van der Waals surface area contributed by atoms with Crippen LogP contribution in [0.5, 0.6) is 5.75 Å². The van der Waals surface area contributed by atoms with Crippen molar-refractivity contribution < 1.29 is 19.4 Å². The van der Waals surface area contributed by atoms with Gasteiger partial charge in [-0.1, -0.05) is 18.2 Å². The second-order valence-corrected chi connectivity index (χ2v) is 8.20. The number of β-amino-alcohol motifs (C(OH)–C–C–N with tert-alkyl or cyclic N) is 1. The zero-order valence-corrected chi connectivity index (χ0v) is 18.2. The SMILES string of the molecule is Cc1ccccc1OCC(O)CN1C(N2CCNCC2)=NC2C1C(=O)N(C)C(=O)N2C. The maximum absolute atomic E-state index is 13.0. The van der Waals surface area contributed by atoms with Crippen LogP contribution < -0.4 is 10.1 Å². The number of aliphatic hydroxyl groups is 1.